The van der Waals surface area contributed by atoms with Gasteiger partial charge in [0.1, 0.15) is 5.69 Å². The van der Waals surface area contributed by atoms with Gasteiger partial charge in [-0.2, -0.15) is 10.1 Å². The maximum atomic E-state index is 11.1. The van der Waals surface area contributed by atoms with Crippen LogP contribution in [0.3, 0.4) is 0 Å². The molecule has 1 fully saturated rings. The van der Waals surface area contributed by atoms with E-state index in [4.69, 9.17) is 5.73 Å². The molecular weight excluding hydrogens is 248 g/mol. The third-order valence-corrected chi connectivity index (χ3v) is 3.06. The maximum Gasteiger partial charge on any atom is 0.334 e. The lowest BCUT2D eigenvalue weighted by molar-refractivity contribution is -0.385. The van der Waals surface area contributed by atoms with Crippen LogP contribution in [-0.2, 0) is 0 Å². The van der Waals surface area contributed by atoms with Crippen LogP contribution in [0.15, 0.2) is 12.3 Å². The minimum atomic E-state index is -0.511. The van der Waals surface area contributed by atoms with Crippen molar-refractivity contribution in [3.63, 3.8) is 0 Å². The second-order valence-electron chi connectivity index (χ2n) is 4.56. The summed E-state index contributed by atoms with van der Waals surface area (Å²) in [5.41, 5.74) is 6.56. The van der Waals surface area contributed by atoms with Gasteiger partial charge < -0.3 is 5.73 Å². The molecule has 0 saturated heterocycles. The largest absolute Gasteiger partial charge is 0.368 e. The zero-order valence-corrected chi connectivity index (χ0v) is 10.3. The number of nitrogens with zero attached hydrogens (tertiary/aromatic N) is 5. The molecule has 2 aromatic heterocycles. The first-order chi connectivity index (χ1) is 9.06. The van der Waals surface area contributed by atoms with E-state index in [0.717, 1.165) is 18.5 Å². The number of hydrogen-bond donors (Lipinski definition) is 1. The molecule has 1 saturated carbocycles. The molecule has 0 aliphatic heterocycles. The Morgan fingerprint density at radius 3 is 2.84 bits per heavy atom. The predicted octanol–water partition coefficient (Wildman–Crippen LogP) is 1.34. The van der Waals surface area contributed by atoms with Gasteiger partial charge in [-0.15, -0.1) is 0 Å². The molecule has 2 N–H and O–H groups in total. The van der Waals surface area contributed by atoms with Crippen molar-refractivity contribution in [1.82, 2.24) is 19.7 Å². The van der Waals surface area contributed by atoms with E-state index in [9.17, 15) is 10.1 Å². The van der Waals surface area contributed by atoms with Crippen LogP contribution in [0.1, 0.15) is 30.1 Å². The molecule has 0 radical (unpaired) electrons. The monoisotopic (exact) mass is 260 g/mol. The predicted molar refractivity (Wildman–Crippen MR) is 66.9 cm³/mol. The number of nitro groups is 1. The molecule has 0 aromatic carbocycles. The van der Waals surface area contributed by atoms with Crippen molar-refractivity contribution in [3.05, 3.63) is 33.8 Å². The van der Waals surface area contributed by atoms with Crippen LogP contribution in [0.4, 0.5) is 11.6 Å². The lowest BCUT2D eigenvalue weighted by Crippen LogP contribution is -2.10. The molecule has 2 heterocycles. The number of rotatable bonds is 3. The van der Waals surface area contributed by atoms with E-state index in [1.807, 2.05) is 6.07 Å². The average Bonchev–Trinajstić information content (AvgIpc) is 3.05. The normalized spacial score (nSPS) is 14.6. The van der Waals surface area contributed by atoms with Crippen molar-refractivity contribution in [2.75, 3.05) is 5.73 Å². The molecule has 8 heteroatoms. The van der Waals surface area contributed by atoms with Gasteiger partial charge in [-0.1, -0.05) is 0 Å². The van der Waals surface area contributed by atoms with E-state index in [1.165, 1.54) is 11.6 Å². The molecule has 3 rings (SSSR count). The van der Waals surface area contributed by atoms with E-state index in [-0.39, 0.29) is 23.1 Å². The highest BCUT2D eigenvalue weighted by molar-refractivity contribution is 5.52. The van der Waals surface area contributed by atoms with Crippen LogP contribution in [0, 0.1) is 17.0 Å². The van der Waals surface area contributed by atoms with Gasteiger partial charge in [0, 0.05) is 12.1 Å². The molecule has 0 amide bonds. The van der Waals surface area contributed by atoms with Gasteiger partial charge in [0.15, 0.2) is 0 Å². The maximum absolute atomic E-state index is 11.1. The molecule has 1 aliphatic carbocycles. The molecule has 0 bridgehead atoms. The fourth-order valence-electron chi connectivity index (χ4n) is 2.00. The molecule has 2 aromatic rings. The second kappa shape index (κ2) is 4.01. The summed E-state index contributed by atoms with van der Waals surface area (Å²) >= 11 is 0. The lowest BCUT2D eigenvalue weighted by atomic mass is 10.3. The van der Waals surface area contributed by atoms with Gasteiger partial charge in [-0.25, -0.2) is 9.67 Å². The minimum Gasteiger partial charge on any atom is -0.368 e. The minimum absolute atomic E-state index is 0.00146. The Labute approximate surface area is 108 Å². The summed E-state index contributed by atoms with van der Waals surface area (Å²) < 4.78 is 1.40. The molecule has 0 atom stereocenters. The summed E-state index contributed by atoms with van der Waals surface area (Å²) in [6, 6.07) is 1.86. The number of hydrogen-bond acceptors (Lipinski definition) is 6. The van der Waals surface area contributed by atoms with Crippen molar-refractivity contribution in [1.29, 1.82) is 0 Å². The van der Waals surface area contributed by atoms with Crippen molar-refractivity contribution in [2.24, 2.45) is 0 Å². The highest BCUT2D eigenvalue weighted by atomic mass is 16.6. The summed E-state index contributed by atoms with van der Waals surface area (Å²) in [5.74, 6) is 0.587. The molecule has 0 unspecified atom stereocenters. The Hall–Kier alpha value is -2.51. The molecule has 98 valence electrons. The Kier molecular flexibility index (Phi) is 2.44. The van der Waals surface area contributed by atoms with Crippen LogP contribution in [0.5, 0.6) is 0 Å². The van der Waals surface area contributed by atoms with E-state index in [1.54, 1.807) is 6.20 Å². The van der Waals surface area contributed by atoms with Crippen LogP contribution >= 0.6 is 0 Å². The fraction of sp³-hybridized carbons (Fsp3) is 0.364. The lowest BCUT2D eigenvalue weighted by Gasteiger charge is -2.05. The van der Waals surface area contributed by atoms with Gasteiger partial charge in [0.05, 0.1) is 10.6 Å². The number of nitrogen functional groups attached to an aromatic ring is 1. The first-order valence-electron chi connectivity index (χ1n) is 5.90. The number of nitrogens with two attached hydrogens (primary N) is 1. The van der Waals surface area contributed by atoms with Gasteiger partial charge in [0.25, 0.3) is 0 Å². The molecule has 1 aliphatic rings. The van der Waals surface area contributed by atoms with E-state index in [2.05, 4.69) is 15.1 Å². The SMILES string of the molecule is Cc1nc(N)nc(-n2ccc(C3CC3)n2)c1[N+](=O)[O-]. The summed E-state index contributed by atoms with van der Waals surface area (Å²) in [6.45, 7) is 1.53. The first-order valence-corrected chi connectivity index (χ1v) is 5.90. The third-order valence-electron chi connectivity index (χ3n) is 3.06. The Balaban J connectivity index is 2.13. The van der Waals surface area contributed by atoms with Gasteiger partial charge in [-0.3, -0.25) is 10.1 Å². The molecular formula is C11H12N6O2. The Morgan fingerprint density at radius 2 is 2.21 bits per heavy atom. The number of aryl methyl sites for hydroxylation is 1. The van der Waals surface area contributed by atoms with Crippen LogP contribution in [-0.4, -0.2) is 24.7 Å². The third kappa shape index (κ3) is 2.01. The van der Waals surface area contributed by atoms with E-state index >= 15 is 0 Å². The topological polar surface area (TPSA) is 113 Å². The zero-order valence-electron chi connectivity index (χ0n) is 10.3. The van der Waals surface area contributed by atoms with E-state index in [0.29, 0.717) is 5.92 Å². The summed E-state index contributed by atoms with van der Waals surface area (Å²) in [5, 5.41) is 15.5. The van der Waals surface area contributed by atoms with Crippen LogP contribution in [0.2, 0.25) is 0 Å². The molecule has 8 nitrogen and oxygen atoms in total. The fourth-order valence-corrected chi connectivity index (χ4v) is 2.00. The van der Waals surface area contributed by atoms with Crippen molar-refractivity contribution in [3.8, 4) is 5.82 Å². The summed E-state index contributed by atoms with van der Waals surface area (Å²) in [4.78, 5) is 18.4. The van der Waals surface area contributed by atoms with Crippen LogP contribution < -0.4 is 5.73 Å². The number of aromatic nitrogens is 4. The van der Waals surface area contributed by atoms with E-state index < -0.39 is 4.92 Å². The zero-order chi connectivity index (χ0) is 13.6. The Bertz CT molecular complexity index is 661. The van der Waals surface area contributed by atoms with Gasteiger partial charge >= 0.3 is 5.69 Å². The quantitative estimate of drug-likeness (QED) is 0.658. The standard InChI is InChI=1S/C11H12N6O2/c1-6-9(17(18)19)10(14-11(12)13-6)16-5-4-8(15-16)7-2-3-7/h4-5,7H,2-3H2,1H3,(H2,12,13,14). The first kappa shape index (κ1) is 11.6. The summed E-state index contributed by atoms with van der Waals surface area (Å²) in [7, 11) is 0. The van der Waals surface area contributed by atoms with Crippen molar-refractivity contribution >= 4 is 11.6 Å². The molecule has 19 heavy (non-hydrogen) atoms. The smallest absolute Gasteiger partial charge is 0.334 e. The van der Waals surface area contributed by atoms with Gasteiger partial charge in [0.2, 0.25) is 11.8 Å². The highest BCUT2D eigenvalue weighted by Gasteiger charge is 2.28. The van der Waals surface area contributed by atoms with Crippen molar-refractivity contribution < 1.29 is 4.92 Å². The Morgan fingerprint density at radius 1 is 1.47 bits per heavy atom. The molecule has 0 spiro atoms. The highest BCUT2D eigenvalue weighted by Crippen LogP contribution is 2.39. The number of anilines is 1. The average molecular weight is 260 g/mol. The second-order valence-corrected chi connectivity index (χ2v) is 4.56. The van der Waals surface area contributed by atoms with Crippen LogP contribution in [0.25, 0.3) is 5.82 Å². The van der Waals surface area contributed by atoms with Gasteiger partial charge in [-0.05, 0) is 25.8 Å². The van der Waals surface area contributed by atoms with Crippen molar-refractivity contribution in [2.45, 2.75) is 25.7 Å². The summed E-state index contributed by atoms with van der Waals surface area (Å²) in [6.07, 6.45) is 3.90.